The first-order valence-electron chi connectivity index (χ1n) is 0.827. The van der Waals surface area contributed by atoms with Crippen LogP contribution in [0.5, 0.6) is 0 Å². The maximum atomic E-state index is 6.06. The van der Waals surface area contributed by atoms with Crippen LogP contribution in [0.2, 0.25) is 0 Å². The number of rotatable bonds is 0. The van der Waals surface area contributed by atoms with E-state index in [9.17, 15) is 0 Å². The van der Waals surface area contributed by atoms with Crippen molar-refractivity contribution in [3.8, 4) is 0 Å². The van der Waals surface area contributed by atoms with Gasteiger partial charge in [-0.1, -0.05) is 0 Å². The summed E-state index contributed by atoms with van der Waals surface area (Å²) < 4.78 is 0. The molecule has 0 unspecified atom stereocenters. The van der Waals surface area contributed by atoms with Gasteiger partial charge in [0.15, 0.2) is 5.96 Å². The number of hydrogen-bond acceptors (Lipinski definition) is 1. The molecule has 0 atom stereocenters. The zero-order valence-corrected chi connectivity index (χ0v) is 6.08. The average Bonchev–Trinajstić information content (AvgIpc) is 0.811. The molecule has 4 heteroatoms. The largest absolute Gasteiger partial charge is 0.370 e. The van der Waals surface area contributed by atoms with Crippen molar-refractivity contribution in [2.24, 2.45) is 11.5 Å². The maximum absolute atomic E-state index is 6.06. The second-order valence-corrected chi connectivity index (χ2v) is 0.455. The Morgan fingerprint density at radius 1 is 1.40 bits per heavy atom. The van der Waals surface area contributed by atoms with Crippen LogP contribution in [-0.4, -0.2) is 32.2 Å². The van der Waals surface area contributed by atoms with Gasteiger partial charge in [-0.15, -0.1) is 0 Å². The number of nitrogens with one attached hydrogen (secondary N) is 1. The Morgan fingerprint density at radius 2 is 1.40 bits per heavy atom. The average molecular weight is 268 g/mol. The molecular weight excluding hydrogens is 263 g/mol. The first-order chi connectivity index (χ1) is 1.73. The van der Waals surface area contributed by atoms with Crippen LogP contribution in [0.25, 0.3) is 0 Å². The number of nitrogens with two attached hydrogens (primary N) is 2. The van der Waals surface area contributed by atoms with Gasteiger partial charge in [0.2, 0.25) is 0 Å². The molecule has 0 rings (SSSR count). The molecule has 0 saturated heterocycles. The molecule has 0 aromatic carbocycles. The van der Waals surface area contributed by atoms with E-state index in [1.807, 2.05) is 0 Å². The quantitative estimate of drug-likeness (QED) is 0.283. The molecule has 5 N–H and O–H groups in total. The van der Waals surface area contributed by atoms with E-state index in [1.165, 1.54) is 0 Å². The predicted molar refractivity (Wildman–Crippen MR) is 21.9 cm³/mol. The zero-order chi connectivity index (χ0) is 3.58. The zero-order valence-electron chi connectivity index (χ0n) is 2.60. The molecular formula is CH5BiN3. The van der Waals surface area contributed by atoms with Crippen LogP contribution in [0, 0.1) is 5.41 Å². The molecule has 0 amide bonds. The fraction of sp³-hybridized carbons (Fsp3) is 0. The molecule has 0 bridgehead atoms. The van der Waals surface area contributed by atoms with Gasteiger partial charge in [-0.3, -0.25) is 5.41 Å². The van der Waals surface area contributed by atoms with Gasteiger partial charge in [0.05, 0.1) is 0 Å². The molecule has 0 saturated carbocycles. The van der Waals surface area contributed by atoms with Gasteiger partial charge in [-0.2, -0.15) is 0 Å². The van der Waals surface area contributed by atoms with Crippen molar-refractivity contribution in [2.75, 3.05) is 0 Å². The van der Waals surface area contributed by atoms with Gasteiger partial charge >= 0.3 is 0 Å². The second-order valence-electron chi connectivity index (χ2n) is 0.455. The van der Waals surface area contributed by atoms with Crippen LogP contribution in [0.1, 0.15) is 0 Å². The molecule has 3 radical (unpaired) electrons. The SMILES string of the molecule is N=C(N)N.[Bi]. The van der Waals surface area contributed by atoms with Crippen LogP contribution < -0.4 is 11.5 Å². The van der Waals surface area contributed by atoms with Crippen molar-refractivity contribution < 1.29 is 0 Å². The Hall–Kier alpha value is 0.153. The standard InChI is InChI=1S/CH5N3.Bi/c2-1(3)4;/h(H5,2,3,4);. The summed E-state index contributed by atoms with van der Waals surface area (Å²) in [6.07, 6.45) is 0. The summed E-state index contributed by atoms with van der Waals surface area (Å²) in [5, 5.41) is 6.06. The molecule has 0 aliphatic heterocycles. The fourth-order valence-corrected chi connectivity index (χ4v) is 0. The topological polar surface area (TPSA) is 75.9 Å². The van der Waals surface area contributed by atoms with E-state index in [1.54, 1.807) is 0 Å². The Labute approximate surface area is 49.4 Å². The predicted octanol–water partition coefficient (Wildman–Crippen LogP) is -1.54. The van der Waals surface area contributed by atoms with E-state index in [4.69, 9.17) is 5.41 Å². The molecule has 0 spiro atoms. The first kappa shape index (κ1) is 8.94. The van der Waals surface area contributed by atoms with Crippen LogP contribution >= 0.6 is 0 Å². The molecule has 0 heterocycles. The number of guanidine groups is 1. The van der Waals surface area contributed by atoms with E-state index < -0.39 is 0 Å². The molecule has 0 aliphatic rings. The minimum atomic E-state index is -0.333. The number of hydrogen-bond donors (Lipinski definition) is 3. The Balaban J connectivity index is 0. The van der Waals surface area contributed by atoms with Crippen molar-refractivity contribution >= 4 is 32.2 Å². The molecule has 0 aromatic rings. The van der Waals surface area contributed by atoms with E-state index in [0.29, 0.717) is 0 Å². The summed E-state index contributed by atoms with van der Waals surface area (Å²) in [6, 6.07) is 0. The van der Waals surface area contributed by atoms with E-state index in [-0.39, 0.29) is 32.2 Å². The maximum Gasteiger partial charge on any atom is 0.183 e. The minimum absolute atomic E-state index is 0. The normalized spacial score (nSPS) is 4.80. The molecule has 29 valence electrons. The van der Waals surface area contributed by atoms with Crippen molar-refractivity contribution in [2.45, 2.75) is 0 Å². The van der Waals surface area contributed by atoms with Crippen LogP contribution in [-0.2, 0) is 0 Å². The van der Waals surface area contributed by atoms with Crippen molar-refractivity contribution in [3.63, 3.8) is 0 Å². The summed E-state index contributed by atoms with van der Waals surface area (Å²) in [7, 11) is 0. The van der Waals surface area contributed by atoms with E-state index in [0.717, 1.165) is 0 Å². The van der Waals surface area contributed by atoms with Crippen molar-refractivity contribution in [3.05, 3.63) is 0 Å². The molecule has 0 aliphatic carbocycles. The van der Waals surface area contributed by atoms with Crippen molar-refractivity contribution in [1.82, 2.24) is 0 Å². The van der Waals surface area contributed by atoms with Gasteiger partial charge < -0.3 is 11.5 Å². The second kappa shape index (κ2) is 4.15. The third-order valence-electron chi connectivity index (χ3n) is 0. The third-order valence-corrected chi connectivity index (χ3v) is 0. The Morgan fingerprint density at radius 3 is 1.40 bits per heavy atom. The minimum Gasteiger partial charge on any atom is -0.370 e. The third kappa shape index (κ3) is 821. The summed E-state index contributed by atoms with van der Waals surface area (Å²) in [4.78, 5) is 0. The van der Waals surface area contributed by atoms with Crippen molar-refractivity contribution in [1.29, 1.82) is 5.41 Å². The Bertz CT molecular complexity index is 29.9. The summed E-state index contributed by atoms with van der Waals surface area (Å²) in [6.45, 7) is 0. The van der Waals surface area contributed by atoms with Crippen LogP contribution in [0.15, 0.2) is 0 Å². The van der Waals surface area contributed by atoms with Gasteiger partial charge in [-0.25, -0.2) is 0 Å². The van der Waals surface area contributed by atoms with E-state index in [2.05, 4.69) is 11.5 Å². The molecule has 0 fully saturated rings. The summed E-state index contributed by atoms with van der Waals surface area (Å²) in [5.41, 5.74) is 8.94. The summed E-state index contributed by atoms with van der Waals surface area (Å²) in [5.74, 6) is -0.333. The molecule has 0 aromatic heterocycles. The van der Waals surface area contributed by atoms with Gasteiger partial charge in [0.1, 0.15) is 0 Å². The van der Waals surface area contributed by atoms with Gasteiger partial charge in [0, 0.05) is 26.2 Å². The Kier molecular flexibility index (Phi) is 7.43. The van der Waals surface area contributed by atoms with Crippen LogP contribution in [0.3, 0.4) is 0 Å². The van der Waals surface area contributed by atoms with E-state index >= 15 is 0 Å². The first-order valence-corrected chi connectivity index (χ1v) is 0.827. The summed E-state index contributed by atoms with van der Waals surface area (Å²) >= 11 is 0. The fourth-order valence-electron chi connectivity index (χ4n) is 0. The molecule has 5 heavy (non-hydrogen) atoms. The monoisotopic (exact) mass is 268 g/mol. The van der Waals surface area contributed by atoms with Gasteiger partial charge in [0.25, 0.3) is 0 Å². The van der Waals surface area contributed by atoms with Gasteiger partial charge in [-0.05, 0) is 0 Å². The van der Waals surface area contributed by atoms with Crippen LogP contribution in [0.4, 0.5) is 0 Å². The molecule has 3 nitrogen and oxygen atoms in total. The smallest absolute Gasteiger partial charge is 0.183 e.